The second kappa shape index (κ2) is 10.0. The van der Waals surface area contributed by atoms with Gasteiger partial charge in [-0.3, -0.25) is 13.6 Å². The van der Waals surface area contributed by atoms with Gasteiger partial charge >= 0.3 is 15.6 Å². The van der Waals surface area contributed by atoms with Crippen LogP contribution >= 0.6 is 15.6 Å². The van der Waals surface area contributed by atoms with E-state index in [9.17, 15) is 39.3 Å². The molecule has 21 nitrogen and oxygen atoms in total. The highest BCUT2D eigenvalue weighted by molar-refractivity contribution is 7.61. The second-order valence-electron chi connectivity index (χ2n) is 8.24. The number of ether oxygens (including phenoxy) is 2. The van der Waals surface area contributed by atoms with Crippen LogP contribution in [0.2, 0.25) is 0 Å². The molecule has 0 amide bonds. The highest BCUT2D eigenvalue weighted by atomic mass is 31.3. The van der Waals surface area contributed by atoms with Crippen LogP contribution in [0.3, 0.4) is 0 Å². The number of aromatic nitrogens is 4. The van der Waals surface area contributed by atoms with Gasteiger partial charge in [0.2, 0.25) is 5.95 Å². The molecule has 0 aromatic carbocycles. The average Bonchev–Trinajstić information content (AvgIpc) is 3.43. The number of fused-ring (bicyclic) bond motifs is 5. The van der Waals surface area contributed by atoms with Gasteiger partial charge in [0, 0.05) is 4.91 Å². The maximum absolute atomic E-state index is 13.0. The van der Waals surface area contributed by atoms with Gasteiger partial charge in [0.15, 0.2) is 29.4 Å². The van der Waals surface area contributed by atoms with Gasteiger partial charge in [0.05, 0.1) is 13.2 Å². The molecule has 7 N–H and O–H groups in total. The van der Waals surface area contributed by atoms with Gasteiger partial charge in [-0.2, -0.15) is 4.31 Å². The van der Waals surface area contributed by atoms with Crippen LogP contribution in [-0.2, 0) is 32.0 Å². The van der Waals surface area contributed by atoms with Crippen LogP contribution < -0.4 is 5.32 Å². The zero-order valence-electron chi connectivity index (χ0n) is 18.7. The van der Waals surface area contributed by atoms with E-state index in [0.717, 1.165) is 10.9 Å². The lowest BCUT2D eigenvalue weighted by molar-refractivity contribution is -0.0539. The predicted molar refractivity (Wildman–Crippen MR) is 117 cm³/mol. The number of anilines is 1. The predicted octanol–water partition coefficient (Wildman–Crippen LogP) is -1.49. The Labute approximate surface area is 210 Å². The fourth-order valence-electron chi connectivity index (χ4n) is 4.11. The van der Waals surface area contributed by atoms with Gasteiger partial charge in [-0.25, -0.2) is 24.1 Å². The van der Waals surface area contributed by atoms with Crippen LogP contribution in [0.1, 0.15) is 6.23 Å². The molecule has 5 heterocycles. The quantitative estimate of drug-likeness (QED) is 0.0938. The Kier molecular flexibility index (Phi) is 7.18. The molecule has 5 rings (SSSR count). The molecule has 2 aromatic heterocycles. The first kappa shape index (κ1) is 27.3. The van der Waals surface area contributed by atoms with Gasteiger partial charge < -0.3 is 45.0 Å². The van der Waals surface area contributed by atoms with Crippen molar-refractivity contribution in [1.82, 2.24) is 19.5 Å². The minimum atomic E-state index is -5.47. The van der Waals surface area contributed by atoms with E-state index in [4.69, 9.17) is 24.1 Å². The first-order valence-electron chi connectivity index (χ1n) is 10.6. The molecule has 0 radical (unpaired) electrons. The van der Waals surface area contributed by atoms with Crippen LogP contribution in [0.25, 0.3) is 21.6 Å². The Balaban J connectivity index is 1.61. The maximum atomic E-state index is 13.0. The van der Waals surface area contributed by atoms with E-state index in [0.29, 0.717) is 0 Å². The normalized spacial score (nSPS) is 37.7. The fourth-order valence-corrected chi connectivity index (χ4v) is 6.27. The summed E-state index contributed by atoms with van der Waals surface area (Å²) in [7, 11) is -10.6. The summed E-state index contributed by atoms with van der Waals surface area (Å²) in [6, 6.07) is 0. The second-order valence-corrected chi connectivity index (χ2v) is 11.3. The Hall–Kier alpha value is -2.32. The molecule has 3 aliphatic rings. The zero-order chi connectivity index (χ0) is 27.4. The highest BCUT2D eigenvalue weighted by Gasteiger charge is 2.49. The monoisotopic (exact) mass is 582 g/mol. The van der Waals surface area contributed by atoms with E-state index < -0.39 is 77.9 Å². The summed E-state index contributed by atoms with van der Waals surface area (Å²) in [6.45, 7) is -1.74. The Morgan fingerprint density at radius 3 is 2.42 bits per heavy atom. The summed E-state index contributed by atoms with van der Waals surface area (Å²) in [4.78, 5) is 33.3. The van der Waals surface area contributed by atoms with Crippen molar-refractivity contribution in [3.63, 3.8) is 0 Å². The van der Waals surface area contributed by atoms with Crippen molar-refractivity contribution in [2.24, 2.45) is 5.11 Å². The molecule has 23 heteroatoms. The SMILES string of the molecule is [N-]=[N+]=Nc1nc2c3ncnc2n1[C@@H]1O[C@H](CO[P@](=O)(OP(=O)(O)O)OC[C@H]2O[C@H](N3)[C@H](O)[C@@H]2O)[C@@H](O)[C@H]1O. The fraction of sp³-hybridized carbons (Fsp3) is 0.667. The van der Waals surface area contributed by atoms with E-state index in [1.807, 2.05) is 0 Å². The zero-order valence-corrected chi connectivity index (χ0v) is 20.5. The summed E-state index contributed by atoms with van der Waals surface area (Å²) in [6.07, 6.45) is -11.5. The van der Waals surface area contributed by atoms with E-state index in [1.165, 1.54) is 0 Å². The summed E-state index contributed by atoms with van der Waals surface area (Å²) in [5.74, 6) is -0.450. The molecule has 2 aromatic rings. The number of azide groups is 1. The van der Waals surface area contributed by atoms with E-state index in [1.54, 1.807) is 0 Å². The van der Waals surface area contributed by atoms with Crippen LogP contribution in [0.4, 0.5) is 11.8 Å². The first-order chi connectivity index (χ1) is 17.9. The van der Waals surface area contributed by atoms with Gasteiger partial charge in [-0.05, 0) is 10.6 Å². The number of aliphatic hydroxyl groups excluding tert-OH is 4. The summed E-state index contributed by atoms with van der Waals surface area (Å²) in [5.41, 5.74) is 8.94. The van der Waals surface area contributed by atoms with Crippen LogP contribution in [0.5, 0.6) is 0 Å². The number of imidazole rings is 1. The number of phosphoric acid groups is 2. The molecule has 2 fully saturated rings. The molecule has 9 atom stereocenters. The molecule has 38 heavy (non-hydrogen) atoms. The number of phosphoric ester groups is 1. The number of aliphatic hydroxyl groups is 4. The third-order valence-corrected chi connectivity index (χ3v) is 8.41. The Morgan fingerprint density at radius 2 is 1.76 bits per heavy atom. The molecule has 2 saturated heterocycles. The van der Waals surface area contributed by atoms with Crippen molar-refractivity contribution in [3.05, 3.63) is 16.8 Å². The Bertz CT molecular complexity index is 1370. The van der Waals surface area contributed by atoms with E-state index in [2.05, 4.69) is 34.6 Å². The molecular formula is C15H20N8O13P2. The average molecular weight is 582 g/mol. The summed E-state index contributed by atoms with van der Waals surface area (Å²) < 4.78 is 50.7. The maximum Gasteiger partial charge on any atom is 0.483 e. The molecular weight excluding hydrogens is 562 g/mol. The molecule has 0 unspecified atom stereocenters. The summed E-state index contributed by atoms with van der Waals surface area (Å²) >= 11 is 0. The van der Waals surface area contributed by atoms with E-state index in [-0.39, 0.29) is 22.9 Å². The topological polar surface area (TPSA) is 306 Å². The minimum absolute atomic E-state index is 0.0310. The Morgan fingerprint density at radius 1 is 1.11 bits per heavy atom. The number of nitrogens with one attached hydrogen (secondary N) is 1. The van der Waals surface area contributed by atoms with Crippen LogP contribution in [0, 0.1) is 0 Å². The largest absolute Gasteiger partial charge is 0.483 e. The first-order valence-corrected chi connectivity index (χ1v) is 13.6. The molecule has 8 bridgehead atoms. The third kappa shape index (κ3) is 5.02. The van der Waals surface area contributed by atoms with Crippen molar-refractivity contribution >= 4 is 38.6 Å². The van der Waals surface area contributed by atoms with Crippen LogP contribution in [-0.4, -0.2) is 106 Å². The van der Waals surface area contributed by atoms with E-state index >= 15 is 0 Å². The number of hydrogen-bond acceptors (Lipinski definition) is 16. The lowest BCUT2D eigenvalue weighted by Crippen LogP contribution is -2.37. The minimum Gasteiger partial charge on any atom is -0.387 e. The van der Waals surface area contributed by atoms with Gasteiger partial charge in [-0.15, -0.1) is 0 Å². The molecule has 0 aliphatic carbocycles. The molecule has 208 valence electrons. The third-order valence-electron chi connectivity index (χ3n) is 5.83. The summed E-state index contributed by atoms with van der Waals surface area (Å²) in [5, 5.41) is 48.2. The van der Waals surface area contributed by atoms with Crippen molar-refractivity contribution < 1.29 is 62.2 Å². The van der Waals surface area contributed by atoms with Gasteiger partial charge in [0.25, 0.3) is 0 Å². The lowest BCUT2D eigenvalue weighted by Gasteiger charge is -2.23. The highest BCUT2D eigenvalue weighted by Crippen LogP contribution is 2.61. The van der Waals surface area contributed by atoms with Gasteiger partial charge in [-0.1, -0.05) is 0 Å². The standard InChI is InChI=1S/C15H20N8O13P2/c16-22-21-15-19-6-11-17-3-18-12(6)23(15)14-10(27)8(25)5(35-14)2-33-38(31,36-37(28,29)30)32-1-4-7(24)9(26)13(20-11)34-4/h3-5,7-10,13-14,24-27H,1-2H2,(H,17,18,20)(H2,28,29,30)/t4-,5-,7-,8-,9-,10-,13+,14-,38-/m1/s1. The van der Waals surface area contributed by atoms with Crippen molar-refractivity contribution in [2.75, 3.05) is 18.5 Å². The van der Waals surface area contributed by atoms with Gasteiger partial charge in [0.1, 0.15) is 43.0 Å². The van der Waals surface area contributed by atoms with Crippen molar-refractivity contribution in [3.8, 4) is 0 Å². The molecule has 0 saturated carbocycles. The number of hydrogen-bond donors (Lipinski definition) is 7. The smallest absolute Gasteiger partial charge is 0.387 e. The molecule has 3 aliphatic heterocycles. The number of rotatable bonds is 3. The van der Waals surface area contributed by atoms with Crippen molar-refractivity contribution in [2.45, 2.75) is 49.1 Å². The lowest BCUT2D eigenvalue weighted by atomic mass is 10.1. The number of nitrogens with zero attached hydrogens (tertiary/aromatic N) is 7. The van der Waals surface area contributed by atoms with Crippen LogP contribution in [0.15, 0.2) is 11.4 Å². The van der Waals surface area contributed by atoms with Crippen molar-refractivity contribution in [1.29, 1.82) is 0 Å². The molecule has 0 spiro atoms.